The summed E-state index contributed by atoms with van der Waals surface area (Å²) >= 11 is 5.80. The Balaban J connectivity index is 2.27. The van der Waals surface area contributed by atoms with Crippen molar-refractivity contribution in [1.29, 1.82) is 5.26 Å². The van der Waals surface area contributed by atoms with Gasteiger partial charge in [-0.1, -0.05) is 11.6 Å². The molecule has 0 saturated carbocycles. The molecule has 0 spiro atoms. The van der Waals surface area contributed by atoms with Crippen LogP contribution in [0.15, 0.2) is 24.3 Å². The van der Waals surface area contributed by atoms with Crippen LogP contribution in [0.1, 0.15) is 19.8 Å². The molecule has 0 radical (unpaired) electrons. The molecule has 1 saturated heterocycles. The zero-order chi connectivity index (χ0) is 14.0. The molecule has 1 fully saturated rings. The minimum absolute atomic E-state index is 0.0579. The smallest absolute Gasteiger partial charge is 0.240 e. The zero-order valence-electron chi connectivity index (χ0n) is 10.5. The van der Waals surface area contributed by atoms with Gasteiger partial charge in [0.05, 0.1) is 12.6 Å². The Morgan fingerprint density at radius 1 is 1.37 bits per heavy atom. The van der Waals surface area contributed by atoms with Gasteiger partial charge in [0.2, 0.25) is 5.91 Å². The molecule has 2 rings (SSSR count). The van der Waals surface area contributed by atoms with Gasteiger partial charge in [0.15, 0.2) is 5.78 Å². The molecule has 1 heterocycles. The van der Waals surface area contributed by atoms with Gasteiger partial charge in [-0.15, -0.1) is 0 Å². The Labute approximate surface area is 116 Å². The summed E-state index contributed by atoms with van der Waals surface area (Å²) in [5, 5.41) is 9.20. The Morgan fingerprint density at radius 3 is 2.58 bits per heavy atom. The monoisotopic (exact) mass is 276 g/mol. The van der Waals surface area contributed by atoms with Crippen LogP contribution >= 0.6 is 11.6 Å². The summed E-state index contributed by atoms with van der Waals surface area (Å²) in [6, 6.07) is 8.77. The largest absolute Gasteiger partial charge is 0.304 e. The number of carbonyl (C=O) groups is 2. The van der Waals surface area contributed by atoms with E-state index in [1.54, 1.807) is 31.2 Å². The van der Waals surface area contributed by atoms with Crippen LogP contribution in [0.4, 0.5) is 5.69 Å². The van der Waals surface area contributed by atoms with E-state index in [-0.39, 0.29) is 31.1 Å². The van der Waals surface area contributed by atoms with Gasteiger partial charge in [0.25, 0.3) is 0 Å². The maximum absolute atomic E-state index is 12.4. The Morgan fingerprint density at radius 2 is 2.00 bits per heavy atom. The van der Waals surface area contributed by atoms with Gasteiger partial charge in [-0.05, 0) is 37.6 Å². The number of anilines is 1. The van der Waals surface area contributed by atoms with Crippen molar-refractivity contribution in [2.24, 2.45) is 5.41 Å². The molecule has 0 N–H and O–H groups in total. The number of hydrogen-bond acceptors (Lipinski definition) is 3. The van der Waals surface area contributed by atoms with Crippen LogP contribution < -0.4 is 4.90 Å². The van der Waals surface area contributed by atoms with Crippen molar-refractivity contribution in [3.8, 4) is 6.07 Å². The van der Waals surface area contributed by atoms with Gasteiger partial charge in [-0.25, -0.2) is 0 Å². The Hall–Kier alpha value is -1.86. The first kappa shape index (κ1) is 13.6. The van der Waals surface area contributed by atoms with E-state index >= 15 is 0 Å². The molecule has 98 valence electrons. The molecule has 1 atom stereocenters. The molecule has 5 heteroatoms. The summed E-state index contributed by atoms with van der Waals surface area (Å²) in [5.41, 5.74) is -0.418. The van der Waals surface area contributed by atoms with Crippen LogP contribution in [0, 0.1) is 16.7 Å². The minimum atomic E-state index is -1.07. The third-order valence-electron chi connectivity index (χ3n) is 3.51. The Kier molecular flexibility index (Phi) is 3.59. The van der Waals surface area contributed by atoms with Crippen LogP contribution in [0.2, 0.25) is 5.02 Å². The van der Waals surface area contributed by atoms with Crippen molar-refractivity contribution >= 4 is 29.0 Å². The van der Waals surface area contributed by atoms with E-state index < -0.39 is 5.41 Å². The molecular formula is C14H13ClN2O2. The standard InChI is InChI=1S/C14H13ClN2O2/c1-14(7-2-8-16)12(18)9-17(13(14)19)11-5-3-10(15)4-6-11/h3-6H,2,7,9H2,1H3. The number of benzene rings is 1. The van der Waals surface area contributed by atoms with Gasteiger partial charge in [0.1, 0.15) is 5.41 Å². The van der Waals surface area contributed by atoms with Crippen LogP contribution in [0.3, 0.4) is 0 Å². The van der Waals surface area contributed by atoms with Gasteiger partial charge in [0, 0.05) is 17.1 Å². The highest BCUT2D eigenvalue weighted by molar-refractivity contribution is 6.30. The first-order valence-corrected chi connectivity index (χ1v) is 6.34. The van der Waals surface area contributed by atoms with E-state index in [4.69, 9.17) is 16.9 Å². The highest BCUT2D eigenvalue weighted by atomic mass is 35.5. The van der Waals surface area contributed by atoms with E-state index in [2.05, 4.69) is 0 Å². The van der Waals surface area contributed by atoms with Crippen LogP contribution in [-0.4, -0.2) is 18.2 Å². The molecule has 1 aromatic carbocycles. The van der Waals surface area contributed by atoms with E-state index in [9.17, 15) is 9.59 Å². The molecular weight excluding hydrogens is 264 g/mol. The maximum atomic E-state index is 12.4. The van der Waals surface area contributed by atoms with Crippen molar-refractivity contribution in [3.05, 3.63) is 29.3 Å². The summed E-state index contributed by atoms with van der Waals surface area (Å²) in [5.74, 6) is -0.377. The normalized spacial score (nSPS) is 22.7. The predicted molar refractivity (Wildman–Crippen MR) is 71.8 cm³/mol. The molecule has 0 bridgehead atoms. The first-order chi connectivity index (χ1) is 8.99. The minimum Gasteiger partial charge on any atom is -0.304 e. The topological polar surface area (TPSA) is 61.2 Å². The molecule has 0 aliphatic carbocycles. The predicted octanol–water partition coefficient (Wildman–Crippen LogP) is 2.57. The molecule has 1 amide bonds. The van der Waals surface area contributed by atoms with Crippen molar-refractivity contribution in [2.75, 3.05) is 11.4 Å². The second-order valence-corrected chi connectivity index (χ2v) is 5.22. The van der Waals surface area contributed by atoms with E-state index in [1.165, 1.54) is 4.90 Å². The molecule has 19 heavy (non-hydrogen) atoms. The summed E-state index contributed by atoms with van der Waals surface area (Å²) in [4.78, 5) is 25.9. The fourth-order valence-corrected chi connectivity index (χ4v) is 2.31. The quantitative estimate of drug-likeness (QED) is 0.797. The third-order valence-corrected chi connectivity index (χ3v) is 3.76. The zero-order valence-corrected chi connectivity index (χ0v) is 11.3. The number of nitrogens with zero attached hydrogens (tertiary/aromatic N) is 2. The average Bonchev–Trinajstić information content (AvgIpc) is 2.62. The summed E-state index contributed by atoms with van der Waals surface area (Å²) in [6.07, 6.45) is 0.466. The van der Waals surface area contributed by atoms with E-state index in [0.717, 1.165) is 0 Å². The maximum Gasteiger partial charge on any atom is 0.240 e. The number of Topliss-reactive ketones (excluding diaryl/α,β-unsaturated/α-hetero) is 1. The lowest BCUT2D eigenvalue weighted by Crippen LogP contribution is -2.34. The number of rotatable bonds is 3. The lowest BCUT2D eigenvalue weighted by atomic mass is 9.83. The highest BCUT2D eigenvalue weighted by Gasteiger charge is 2.49. The van der Waals surface area contributed by atoms with Crippen LogP contribution in [0.25, 0.3) is 0 Å². The molecule has 0 aromatic heterocycles. The van der Waals surface area contributed by atoms with Gasteiger partial charge in [-0.2, -0.15) is 5.26 Å². The fourth-order valence-electron chi connectivity index (χ4n) is 2.19. The summed E-state index contributed by atoms with van der Waals surface area (Å²) in [6.45, 7) is 1.67. The van der Waals surface area contributed by atoms with Crippen molar-refractivity contribution in [1.82, 2.24) is 0 Å². The number of carbonyl (C=O) groups excluding carboxylic acids is 2. The first-order valence-electron chi connectivity index (χ1n) is 5.97. The molecule has 1 aromatic rings. The number of hydrogen-bond donors (Lipinski definition) is 0. The van der Waals surface area contributed by atoms with E-state index in [0.29, 0.717) is 10.7 Å². The van der Waals surface area contributed by atoms with Gasteiger partial charge < -0.3 is 4.90 Å². The van der Waals surface area contributed by atoms with Crippen LogP contribution in [0.5, 0.6) is 0 Å². The lowest BCUT2D eigenvalue weighted by Gasteiger charge is -2.21. The number of nitriles is 1. The second-order valence-electron chi connectivity index (χ2n) is 4.78. The average molecular weight is 277 g/mol. The lowest BCUT2D eigenvalue weighted by molar-refractivity contribution is -0.133. The Bertz CT molecular complexity index is 562. The number of amides is 1. The molecule has 1 aliphatic rings. The molecule has 1 unspecified atom stereocenters. The third kappa shape index (κ3) is 2.34. The number of halogens is 1. The second kappa shape index (κ2) is 5.02. The van der Waals surface area contributed by atoms with Crippen molar-refractivity contribution < 1.29 is 9.59 Å². The SMILES string of the molecule is CC1(CCC#N)C(=O)CN(c2ccc(Cl)cc2)C1=O. The van der Waals surface area contributed by atoms with E-state index in [1.807, 2.05) is 6.07 Å². The fraction of sp³-hybridized carbons (Fsp3) is 0.357. The van der Waals surface area contributed by atoms with Gasteiger partial charge in [-0.3, -0.25) is 9.59 Å². The molecule has 1 aliphatic heterocycles. The molecule has 4 nitrogen and oxygen atoms in total. The number of ketones is 1. The van der Waals surface area contributed by atoms with Crippen molar-refractivity contribution in [3.63, 3.8) is 0 Å². The highest BCUT2D eigenvalue weighted by Crippen LogP contribution is 2.35. The summed E-state index contributed by atoms with van der Waals surface area (Å²) in [7, 11) is 0. The van der Waals surface area contributed by atoms with Gasteiger partial charge >= 0.3 is 0 Å². The van der Waals surface area contributed by atoms with Crippen molar-refractivity contribution in [2.45, 2.75) is 19.8 Å². The summed E-state index contributed by atoms with van der Waals surface area (Å²) < 4.78 is 0. The van der Waals surface area contributed by atoms with Crippen LogP contribution in [-0.2, 0) is 9.59 Å².